The quantitative estimate of drug-likeness (QED) is 0.223. The Hall–Kier alpha value is -3.25. The van der Waals surface area contributed by atoms with Gasteiger partial charge in [-0.1, -0.05) is 6.92 Å². The number of ketones is 1. The fourth-order valence-electron chi connectivity index (χ4n) is 5.12. The van der Waals surface area contributed by atoms with Gasteiger partial charge in [0.25, 0.3) is 5.56 Å². The van der Waals surface area contributed by atoms with E-state index < -0.39 is 59.9 Å². The number of aryl methyl sites for hydroxylation is 1. The second kappa shape index (κ2) is 13.8. The van der Waals surface area contributed by atoms with E-state index in [0.717, 1.165) is 0 Å². The molecule has 4 rings (SSSR count). The molecule has 2 aromatic heterocycles. The number of aliphatic hydroxyl groups excluding tert-OH is 3. The molecule has 2 aromatic rings. The van der Waals surface area contributed by atoms with Crippen LogP contribution >= 0.6 is 0 Å². The van der Waals surface area contributed by atoms with E-state index in [4.69, 9.17) is 29.8 Å². The van der Waals surface area contributed by atoms with Crippen LogP contribution in [-0.4, -0.2) is 97.7 Å². The molecule has 6 N–H and O–H groups in total. The lowest BCUT2D eigenvalue weighted by atomic mass is 10.0. The van der Waals surface area contributed by atoms with Crippen molar-refractivity contribution in [3.8, 4) is 0 Å². The first-order valence-electron chi connectivity index (χ1n) is 13.3. The Labute approximate surface area is 240 Å². The number of nitrogens with zero attached hydrogens (tertiary/aromatic N) is 3. The molecule has 0 amide bonds. The highest BCUT2D eigenvalue weighted by atomic mass is 16.6. The number of ether oxygens (including phenoxy) is 4. The van der Waals surface area contributed by atoms with Crippen LogP contribution in [0.25, 0.3) is 0 Å². The van der Waals surface area contributed by atoms with Crippen molar-refractivity contribution in [1.29, 1.82) is 0 Å². The SMILES string of the molecule is CC(=O)COC1C(C)[C@@H](n2c(C)c(C)c(=O)[nH]c2=O)O[C@H]1CO.COC1C(O)[C@H](CO)O[C@@H]1n1c(C)cc(N)nc1=O. The van der Waals surface area contributed by atoms with Crippen molar-refractivity contribution in [2.24, 2.45) is 5.92 Å². The summed E-state index contributed by atoms with van der Waals surface area (Å²) in [7, 11) is 1.40. The topological polar surface area (TPSA) is 230 Å². The standard InChI is InChI=1S/C15H22N2O6.C11H17N3O5/c1-7(19)6-22-12-9(3)14(23-11(12)5-18)17-10(4)8(2)13(20)16-15(17)21;1-5-3-7(12)13-11(17)14(5)10-9(18-2)8(16)6(4-15)19-10/h9,11-12,14,18H,5-6H2,1-4H3,(H,16,20,21);3,6,8-10,15-16H,4H2,1-2H3,(H2,12,13,17)/t9?,11-,12?,14-;6-,8?,9?,10-/m00/s1. The van der Waals surface area contributed by atoms with Gasteiger partial charge < -0.3 is 40.0 Å². The van der Waals surface area contributed by atoms with Crippen LogP contribution < -0.4 is 22.7 Å². The van der Waals surface area contributed by atoms with Crippen molar-refractivity contribution in [2.75, 3.05) is 32.7 Å². The molecular formula is C26H39N5O11. The fourth-order valence-corrected chi connectivity index (χ4v) is 5.12. The number of H-pyrrole nitrogens is 1. The molecule has 16 nitrogen and oxygen atoms in total. The van der Waals surface area contributed by atoms with Gasteiger partial charge in [0.15, 0.2) is 12.0 Å². The summed E-state index contributed by atoms with van der Waals surface area (Å²) in [6.07, 6.45) is -5.30. The number of methoxy groups -OCH3 is 1. The van der Waals surface area contributed by atoms with Gasteiger partial charge >= 0.3 is 11.4 Å². The summed E-state index contributed by atoms with van der Waals surface area (Å²) < 4.78 is 24.6. The van der Waals surface area contributed by atoms with E-state index in [1.54, 1.807) is 20.8 Å². The number of carbonyl (C=O) groups excluding carboxylic acids is 1. The molecule has 0 radical (unpaired) electrons. The average Bonchev–Trinajstić information content (AvgIpc) is 3.41. The summed E-state index contributed by atoms with van der Waals surface area (Å²) in [5, 5.41) is 28.6. The van der Waals surface area contributed by atoms with Gasteiger partial charge in [-0.15, -0.1) is 0 Å². The Morgan fingerprint density at radius 1 is 1.07 bits per heavy atom. The van der Waals surface area contributed by atoms with Gasteiger partial charge in [0, 0.05) is 30.0 Å². The number of nitrogens with one attached hydrogen (secondary N) is 1. The fraction of sp³-hybridized carbons (Fsp3) is 0.654. The van der Waals surface area contributed by atoms with E-state index in [0.29, 0.717) is 17.0 Å². The summed E-state index contributed by atoms with van der Waals surface area (Å²) in [6, 6.07) is 1.52. The van der Waals surface area contributed by atoms with Crippen LogP contribution in [-0.2, 0) is 23.7 Å². The number of carbonyl (C=O) groups is 1. The molecular weight excluding hydrogens is 558 g/mol. The van der Waals surface area contributed by atoms with Crippen LogP contribution in [0.4, 0.5) is 5.82 Å². The number of aromatic nitrogens is 4. The van der Waals surface area contributed by atoms with Gasteiger partial charge in [-0.05, 0) is 33.8 Å². The van der Waals surface area contributed by atoms with Crippen molar-refractivity contribution in [2.45, 2.75) is 77.6 Å². The van der Waals surface area contributed by atoms with E-state index in [-0.39, 0.29) is 37.3 Å². The third kappa shape index (κ3) is 6.70. The molecule has 0 bridgehead atoms. The van der Waals surface area contributed by atoms with Crippen molar-refractivity contribution < 1.29 is 39.1 Å². The highest BCUT2D eigenvalue weighted by Gasteiger charge is 2.46. The maximum absolute atomic E-state index is 12.2. The molecule has 42 heavy (non-hydrogen) atoms. The Morgan fingerprint density at radius 2 is 1.69 bits per heavy atom. The number of hydrogen-bond acceptors (Lipinski definition) is 13. The van der Waals surface area contributed by atoms with Crippen molar-refractivity contribution >= 4 is 11.6 Å². The van der Waals surface area contributed by atoms with Crippen molar-refractivity contribution in [3.05, 3.63) is 54.3 Å². The molecule has 4 heterocycles. The number of nitrogen functional groups attached to an aromatic ring is 1. The molecule has 8 atom stereocenters. The van der Waals surface area contributed by atoms with Gasteiger partial charge in [-0.25, -0.2) is 9.59 Å². The highest BCUT2D eigenvalue weighted by Crippen LogP contribution is 2.36. The number of nitrogens with two attached hydrogens (primary N) is 1. The van der Waals surface area contributed by atoms with E-state index in [1.807, 2.05) is 6.92 Å². The Bertz CT molecular complexity index is 1440. The zero-order chi connectivity index (χ0) is 31.5. The lowest BCUT2D eigenvalue weighted by Crippen LogP contribution is -2.38. The number of Topliss-reactive ketones (excluding diaryl/α,β-unsaturated/α-hetero) is 1. The Kier molecular flexibility index (Phi) is 10.9. The molecule has 4 unspecified atom stereocenters. The van der Waals surface area contributed by atoms with Crippen LogP contribution in [0.5, 0.6) is 0 Å². The van der Waals surface area contributed by atoms with Gasteiger partial charge in [0.05, 0.1) is 19.3 Å². The predicted molar refractivity (Wildman–Crippen MR) is 147 cm³/mol. The number of rotatable bonds is 8. The molecule has 2 fully saturated rings. The molecule has 0 saturated carbocycles. The van der Waals surface area contributed by atoms with Crippen molar-refractivity contribution in [1.82, 2.24) is 19.1 Å². The normalized spacial score (nSPS) is 28.9. The minimum atomic E-state index is -1.02. The van der Waals surface area contributed by atoms with E-state index >= 15 is 0 Å². The number of aromatic amines is 1. The van der Waals surface area contributed by atoms with Gasteiger partial charge in [0.1, 0.15) is 43.1 Å². The van der Waals surface area contributed by atoms with E-state index in [1.165, 1.54) is 29.2 Å². The second-order valence-electron chi connectivity index (χ2n) is 10.3. The third-order valence-corrected chi connectivity index (χ3v) is 7.43. The highest BCUT2D eigenvalue weighted by molar-refractivity contribution is 5.76. The van der Waals surface area contributed by atoms with Gasteiger partial charge in [-0.2, -0.15) is 4.98 Å². The summed E-state index contributed by atoms with van der Waals surface area (Å²) in [5.41, 5.74) is 5.36. The van der Waals surface area contributed by atoms with E-state index in [9.17, 15) is 29.4 Å². The first kappa shape index (κ1) is 33.3. The monoisotopic (exact) mass is 597 g/mol. The van der Waals surface area contributed by atoms with Gasteiger partial charge in [0.2, 0.25) is 0 Å². The molecule has 0 spiro atoms. The smallest absolute Gasteiger partial charge is 0.351 e. The Balaban J connectivity index is 0.000000235. The second-order valence-corrected chi connectivity index (χ2v) is 10.3. The lowest BCUT2D eigenvalue weighted by molar-refractivity contribution is -0.126. The molecule has 2 saturated heterocycles. The summed E-state index contributed by atoms with van der Waals surface area (Å²) in [4.78, 5) is 52.8. The average molecular weight is 598 g/mol. The minimum Gasteiger partial charge on any atom is -0.394 e. The Morgan fingerprint density at radius 3 is 2.24 bits per heavy atom. The van der Waals surface area contributed by atoms with E-state index in [2.05, 4.69) is 9.97 Å². The number of hydrogen-bond donors (Lipinski definition) is 5. The minimum absolute atomic E-state index is 0.0832. The summed E-state index contributed by atoms with van der Waals surface area (Å²) in [6.45, 7) is 7.45. The molecule has 2 aliphatic rings. The van der Waals surface area contributed by atoms with Crippen LogP contribution in [0.3, 0.4) is 0 Å². The van der Waals surface area contributed by atoms with Crippen LogP contribution in [0.1, 0.15) is 43.3 Å². The molecule has 0 aromatic carbocycles. The maximum Gasteiger partial charge on any atom is 0.351 e. The third-order valence-electron chi connectivity index (χ3n) is 7.43. The zero-order valence-corrected chi connectivity index (χ0v) is 24.3. The predicted octanol–water partition coefficient (Wildman–Crippen LogP) is -1.95. The van der Waals surface area contributed by atoms with Crippen LogP contribution in [0.2, 0.25) is 0 Å². The largest absolute Gasteiger partial charge is 0.394 e. The van der Waals surface area contributed by atoms with Crippen LogP contribution in [0, 0.1) is 26.7 Å². The number of aliphatic hydroxyl groups is 3. The van der Waals surface area contributed by atoms with Gasteiger partial charge in [-0.3, -0.25) is 23.7 Å². The summed E-state index contributed by atoms with van der Waals surface area (Å²) >= 11 is 0. The summed E-state index contributed by atoms with van der Waals surface area (Å²) in [5.74, 6) is -0.302. The molecule has 16 heteroatoms. The molecule has 0 aliphatic carbocycles. The van der Waals surface area contributed by atoms with Crippen LogP contribution in [0.15, 0.2) is 20.4 Å². The first-order valence-corrected chi connectivity index (χ1v) is 13.3. The maximum atomic E-state index is 12.2. The first-order chi connectivity index (χ1) is 19.8. The molecule has 234 valence electrons. The van der Waals surface area contributed by atoms with Crippen molar-refractivity contribution in [3.63, 3.8) is 0 Å². The number of anilines is 1. The lowest BCUT2D eigenvalue weighted by Gasteiger charge is -2.22. The zero-order valence-electron chi connectivity index (χ0n) is 24.3. The molecule has 2 aliphatic heterocycles.